The van der Waals surface area contributed by atoms with Crippen molar-refractivity contribution >= 4 is 15.8 Å². The molecular formula is C28H29N3O9S. The minimum absolute atomic E-state index is 0.0370. The lowest BCUT2D eigenvalue weighted by Gasteiger charge is -2.19. The summed E-state index contributed by atoms with van der Waals surface area (Å²) in [5.74, 6) is -0.868. The van der Waals surface area contributed by atoms with E-state index in [1.807, 2.05) is 6.92 Å². The summed E-state index contributed by atoms with van der Waals surface area (Å²) in [6.45, 7) is 3.77. The van der Waals surface area contributed by atoms with Gasteiger partial charge in [-0.3, -0.25) is 9.36 Å². The predicted molar refractivity (Wildman–Crippen MR) is 147 cm³/mol. The van der Waals surface area contributed by atoms with Crippen LogP contribution < -0.4 is 15.0 Å². The number of hydrogen-bond donors (Lipinski definition) is 1. The van der Waals surface area contributed by atoms with Crippen molar-refractivity contribution in [2.75, 3.05) is 20.8 Å². The van der Waals surface area contributed by atoms with Crippen LogP contribution in [0.1, 0.15) is 43.0 Å². The maximum absolute atomic E-state index is 13.9. The van der Waals surface area contributed by atoms with Crippen LogP contribution in [-0.2, 0) is 21.0 Å². The molecule has 0 unspecified atom stereocenters. The van der Waals surface area contributed by atoms with E-state index in [1.54, 1.807) is 25.1 Å². The standard InChI is InChI=1S/C28H29N3O9S/c1-5-7-11-22-30-25(32)24(27(33)31(22)23-20(37-3)9-8-10-21(23)38-4)41(35,36)18-14-12-17(13-15-18)26-29-19(16-40-26)28(34)39-6-2/h8-10,12-16,32H,5-7,11H2,1-4H3. The molecule has 0 aliphatic rings. The van der Waals surface area contributed by atoms with E-state index in [9.17, 15) is 23.1 Å². The van der Waals surface area contributed by atoms with E-state index in [2.05, 4.69) is 9.97 Å². The number of sulfone groups is 1. The Morgan fingerprint density at radius 1 is 1.02 bits per heavy atom. The number of hydrogen-bond acceptors (Lipinski definition) is 11. The first-order chi connectivity index (χ1) is 19.7. The van der Waals surface area contributed by atoms with Crippen LogP contribution in [0.4, 0.5) is 0 Å². The summed E-state index contributed by atoms with van der Waals surface area (Å²) in [6, 6.07) is 10.1. The van der Waals surface area contributed by atoms with Crippen LogP contribution in [-0.4, -0.2) is 54.9 Å². The number of aryl methyl sites for hydroxylation is 1. The fraction of sp³-hybridized carbons (Fsp3) is 0.286. The summed E-state index contributed by atoms with van der Waals surface area (Å²) in [7, 11) is -1.76. The van der Waals surface area contributed by atoms with E-state index in [4.69, 9.17) is 18.6 Å². The third-order valence-corrected chi connectivity index (χ3v) is 7.93. The smallest absolute Gasteiger partial charge is 0.360 e. The summed E-state index contributed by atoms with van der Waals surface area (Å²) in [4.78, 5) is 32.9. The molecule has 0 atom stereocenters. The van der Waals surface area contributed by atoms with E-state index in [0.29, 0.717) is 12.0 Å². The third-order valence-electron chi connectivity index (χ3n) is 6.14. The summed E-state index contributed by atoms with van der Waals surface area (Å²) in [6.07, 6.45) is 2.79. The Kier molecular flexibility index (Phi) is 8.77. The number of carbonyl (C=O) groups is 1. The molecule has 4 aromatic rings. The Hall–Kier alpha value is -4.65. The maximum atomic E-state index is 13.9. The van der Waals surface area contributed by atoms with E-state index < -0.39 is 32.1 Å². The highest BCUT2D eigenvalue weighted by Gasteiger charge is 2.31. The molecule has 0 amide bonds. The largest absolute Gasteiger partial charge is 0.494 e. The molecule has 2 aromatic heterocycles. The van der Waals surface area contributed by atoms with Crippen LogP contribution in [0.25, 0.3) is 17.1 Å². The van der Waals surface area contributed by atoms with Gasteiger partial charge in [0.1, 0.15) is 29.3 Å². The summed E-state index contributed by atoms with van der Waals surface area (Å²) < 4.78 is 49.7. The lowest BCUT2D eigenvalue weighted by atomic mass is 10.2. The van der Waals surface area contributed by atoms with Crippen LogP contribution in [0.15, 0.2) is 67.7 Å². The average Bonchev–Trinajstić information content (AvgIpc) is 3.46. The number of esters is 1. The quantitative estimate of drug-likeness (QED) is 0.255. The van der Waals surface area contributed by atoms with Crippen molar-refractivity contribution in [1.82, 2.24) is 14.5 Å². The van der Waals surface area contributed by atoms with Crippen LogP contribution >= 0.6 is 0 Å². The number of unbranched alkanes of at least 4 members (excludes halogenated alkanes) is 1. The molecule has 0 spiro atoms. The van der Waals surface area contributed by atoms with Crippen molar-refractivity contribution in [2.24, 2.45) is 0 Å². The zero-order chi connectivity index (χ0) is 29.7. The fourth-order valence-corrected chi connectivity index (χ4v) is 5.49. The van der Waals surface area contributed by atoms with Gasteiger partial charge in [-0.05, 0) is 49.7 Å². The second-order valence-electron chi connectivity index (χ2n) is 8.72. The number of methoxy groups -OCH3 is 2. The summed E-state index contributed by atoms with van der Waals surface area (Å²) in [5.41, 5.74) is -0.519. The second kappa shape index (κ2) is 12.3. The number of carbonyl (C=O) groups excluding carboxylic acids is 1. The first-order valence-electron chi connectivity index (χ1n) is 12.7. The molecule has 41 heavy (non-hydrogen) atoms. The zero-order valence-corrected chi connectivity index (χ0v) is 23.7. The highest BCUT2D eigenvalue weighted by molar-refractivity contribution is 7.91. The normalized spacial score (nSPS) is 11.3. The Bertz CT molecular complexity index is 1700. The maximum Gasteiger partial charge on any atom is 0.360 e. The molecule has 12 nitrogen and oxygen atoms in total. The van der Waals surface area contributed by atoms with Crippen molar-refractivity contribution in [3.8, 4) is 34.5 Å². The Morgan fingerprint density at radius 2 is 1.68 bits per heavy atom. The third kappa shape index (κ3) is 5.66. The Labute approximate surface area is 236 Å². The number of nitrogens with zero attached hydrogens (tertiary/aromatic N) is 3. The molecule has 216 valence electrons. The fourth-order valence-electron chi connectivity index (χ4n) is 4.16. The molecule has 2 aromatic carbocycles. The number of rotatable bonds is 11. The first kappa shape index (κ1) is 29.3. The molecule has 0 bridgehead atoms. The highest BCUT2D eigenvalue weighted by atomic mass is 32.2. The van der Waals surface area contributed by atoms with Crippen LogP contribution in [0, 0.1) is 0 Å². The lowest BCUT2D eigenvalue weighted by Crippen LogP contribution is -2.29. The first-order valence-corrected chi connectivity index (χ1v) is 14.2. The van der Waals surface area contributed by atoms with E-state index in [-0.39, 0.29) is 52.5 Å². The minimum Gasteiger partial charge on any atom is -0.494 e. The highest BCUT2D eigenvalue weighted by Crippen LogP contribution is 2.34. The van der Waals surface area contributed by atoms with Crippen LogP contribution in [0.5, 0.6) is 17.4 Å². The van der Waals surface area contributed by atoms with Crippen molar-refractivity contribution in [3.05, 3.63) is 70.6 Å². The molecular weight excluding hydrogens is 554 g/mol. The summed E-state index contributed by atoms with van der Waals surface area (Å²) in [5, 5.41) is 10.8. The predicted octanol–water partition coefficient (Wildman–Crippen LogP) is 3.96. The SMILES string of the molecule is CCCCc1nc(O)c(S(=O)(=O)c2ccc(-c3nc(C(=O)OCC)co3)cc2)c(=O)n1-c1c(OC)cccc1OC. The molecule has 0 aliphatic carbocycles. The molecule has 0 radical (unpaired) electrons. The number of aromatic hydroxyl groups is 1. The number of aromatic nitrogens is 3. The topological polar surface area (TPSA) is 160 Å². The van der Waals surface area contributed by atoms with Gasteiger partial charge in [-0.15, -0.1) is 0 Å². The number of benzene rings is 2. The van der Waals surface area contributed by atoms with Crippen molar-refractivity contribution in [2.45, 2.75) is 42.9 Å². The Morgan fingerprint density at radius 3 is 2.27 bits per heavy atom. The minimum atomic E-state index is -4.57. The molecule has 2 heterocycles. The lowest BCUT2D eigenvalue weighted by molar-refractivity contribution is 0.0519. The van der Waals surface area contributed by atoms with Crippen molar-refractivity contribution in [1.29, 1.82) is 0 Å². The molecule has 0 saturated carbocycles. The molecule has 0 saturated heterocycles. The number of para-hydroxylation sites is 1. The van der Waals surface area contributed by atoms with E-state index >= 15 is 0 Å². The van der Waals surface area contributed by atoms with Gasteiger partial charge in [0, 0.05) is 12.0 Å². The van der Waals surface area contributed by atoms with Gasteiger partial charge < -0.3 is 23.7 Å². The van der Waals surface area contributed by atoms with Gasteiger partial charge in [0.2, 0.25) is 21.6 Å². The van der Waals surface area contributed by atoms with Crippen molar-refractivity contribution < 1.29 is 36.9 Å². The molecule has 0 aliphatic heterocycles. The number of oxazole rings is 1. The molecule has 13 heteroatoms. The molecule has 1 N–H and O–H groups in total. The Balaban J connectivity index is 1.84. The number of ether oxygens (including phenoxy) is 3. The van der Waals surface area contributed by atoms with Crippen LogP contribution in [0.2, 0.25) is 0 Å². The summed E-state index contributed by atoms with van der Waals surface area (Å²) >= 11 is 0. The average molecular weight is 584 g/mol. The van der Waals surface area contributed by atoms with Gasteiger partial charge >= 0.3 is 5.97 Å². The van der Waals surface area contributed by atoms with Gasteiger partial charge in [0.05, 0.1) is 25.7 Å². The molecule has 4 rings (SSSR count). The van der Waals surface area contributed by atoms with Gasteiger partial charge in [0.15, 0.2) is 10.6 Å². The van der Waals surface area contributed by atoms with Crippen LogP contribution in [0.3, 0.4) is 0 Å². The van der Waals surface area contributed by atoms with E-state index in [0.717, 1.165) is 17.3 Å². The van der Waals surface area contributed by atoms with Crippen molar-refractivity contribution in [3.63, 3.8) is 0 Å². The molecule has 0 fully saturated rings. The van der Waals surface area contributed by atoms with Gasteiger partial charge in [-0.25, -0.2) is 18.2 Å². The van der Waals surface area contributed by atoms with Gasteiger partial charge in [-0.2, -0.15) is 4.98 Å². The van der Waals surface area contributed by atoms with E-state index in [1.165, 1.54) is 38.5 Å². The zero-order valence-electron chi connectivity index (χ0n) is 22.9. The monoisotopic (exact) mass is 583 g/mol. The second-order valence-corrected chi connectivity index (χ2v) is 10.6. The van der Waals surface area contributed by atoms with Gasteiger partial charge in [0.25, 0.3) is 5.56 Å². The van der Waals surface area contributed by atoms with Gasteiger partial charge in [-0.1, -0.05) is 19.4 Å².